The van der Waals surface area contributed by atoms with E-state index in [1.807, 2.05) is 59.3 Å². The van der Waals surface area contributed by atoms with Crippen LogP contribution in [0, 0.1) is 0 Å². The van der Waals surface area contributed by atoms with E-state index in [1.165, 1.54) is 0 Å². The highest BCUT2D eigenvalue weighted by molar-refractivity contribution is 6.35. The van der Waals surface area contributed by atoms with Crippen molar-refractivity contribution in [3.05, 3.63) is 111 Å². The SMILES string of the molecule is Clc1nc(Cl)c2c(n1)CC=C2.Clc1nc(Cl)c2ccn(-c3ccccc3)c2n1.ON(O)c1ccccc1. The average molecular weight is 576 g/mol. The molecule has 0 amide bonds. The van der Waals surface area contributed by atoms with Gasteiger partial charge in [-0.3, -0.25) is 10.4 Å². The number of allylic oxidation sites excluding steroid dienone is 1. The molecule has 37 heavy (non-hydrogen) atoms. The number of para-hydroxylation sites is 2. The maximum atomic E-state index is 8.41. The fourth-order valence-corrected chi connectivity index (χ4v) is 4.29. The van der Waals surface area contributed by atoms with Crippen molar-refractivity contribution in [3.8, 4) is 5.69 Å². The number of hydrogen-bond acceptors (Lipinski definition) is 7. The van der Waals surface area contributed by atoms with Gasteiger partial charge in [0.1, 0.15) is 10.3 Å². The zero-order chi connectivity index (χ0) is 26.4. The summed E-state index contributed by atoms with van der Waals surface area (Å²) < 4.78 is 1.93. The van der Waals surface area contributed by atoms with Crippen LogP contribution in [0.1, 0.15) is 11.3 Å². The molecule has 12 heteroatoms. The van der Waals surface area contributed by atoms with E-state index >= 15 is 0 Å². The number of fused-ring (bicyclic) bond motifs is 2. The number of halogens is 4. The van der Waals surface area contributed by atoms with Crippen LogP contribution in [0.25, 0.3) is 22.8 Å². The van der Waals surface area contributed by atoms with Crippen LogP contribution in [0.5, 0.6) is 0 Å². The van der Waals surface area contributed by atoms with Crippen molar-refractivity contribution >= 4 is 69.2 Å². The van der Waals surface area contributed by atoms with Crippen LogP contribution in [0.3, 0.4) is 0 Å². The van der Waals surface area contributed by atoms with E-state index in [4.69, 9.17) is 56.8 Å². The van der Waals surface area contributed by atoms with Crippen molar-refractivity contribution < 1.29 is 10.4 Å². The van der Waals surface area contributed by atoms with Crippen molar-refractivity contribution in [2.45, 2.75) is 6.42 Å². The van der Waals surface area contributed by atoms with Crippen LogP contribution in [0.4, 0.5) is 5.69 Å². The van der Waals surface area contributed by atoms with Crippen LogP contribution in [0.2, 0.25) is 20.9 Å². The molecule has 0 spiro atoms. The van der Waals surface area contributed by atoms with Gasteiger partial charge in [-0.25, -0.2) is 15.0 Å². The number of nitrogens with zero attached hydrogens (tertiary/aromatic N) is 6. The quantitative estimate of drug-likeness (QED) is 0.129. The standard InChI is InChI=1S/C12H7Cl2N3.C7H4Cl2N2.C6H7NO2/c13-10-9-6-7-17(8-4-2-1-3-5-8)11(9)16-12(14)15-10;8-6-4-2-1-3-5(4)10-7(9)11-6;8-7(9)6-4-2-1-3-5-6/h1-7H;1-2H,3H2;1-5,8-9H. The van der Waals surface area contributed by atoms with Gasteiger partial charge in [0.15, 0.2) is 5.65 Å². The van der Waals surface area contributed by atoms with Gasteiger partial charge >= 0.3 is 0 Å². The van der Waals surface area contributed by atoms with Gasteiger partial charge in [-0.05, 0) is 53.5 Å². The molecule has 0 saturated carbocycles. The third-order valence-electron chi connectivity index (χ3n) is 5.04. The van der Waals surface area contributed by atoms with Crippen LogP contribution in [-0.4, -0.2) is 34.9 Å². The fraction of sp³-hybridized carbons (Fsp3) is 0.0400. The average Bonchev–Trinajstić information content (AvgIpc) is 3.53. The summed E-state index contributed by atoms with van der Waals surface area (Å²) in [6, 6.07) is 20.1. The molecule has 1 aliphatic carbocycles. The van der Waals surface area contributed by atoms with Crippen molar-refractivity contribution in [2.24, 2.45) is 0 Å². The smallest absolute Gasteiger partial charge is 0.225 e. The first kappa shape index (κ1) is 26.8. The van der Waals surface area contributed by atoms with Gasteiger partial charge in [-0.15, -0.1) is 5.23 Å². The van der Waals surface area contributed by atoms with Crippen molar-refractivity contribution in [1.82, 2.24) is 24.5 Å². The van der Waals surface area contributed by atoms with Gasteiger partial charge in [-0.1, -0.05) is 71.8 Å². The summed E-state index contributed by atoms with van der Waals surface area (Å²) in [4.78, 5) is 16.0. The molecule has 8 nitrogen and oxygen atoms in total. The van der Waals surface area contributed by atoms with E-state index < -0.39 is 0 Å². The summed E-state index contributed by atoms with van der Waals surface area (Å²) in [6.45, 7) is 0. The maximum absolute atomic E-state index is 8.41. The minimum atomic E-state index is 0.0833. The molecule has 0 bridgehead atoms. The van der Waals surface area contributed by atoms with Gasteiger partial charge in [-0.2, -0.15) is 4.98 Å². The molecule has 2 aromatic carbocycles. The first-order valence-corrected chi connectivity index (χ1v) is 12.2. The summed E-state index contributed by atoms with van der Waals surface area (Å²) in [6.07, 6.45) is 6.60. The maximum Gasteiger partial charge on any atom is 0.225 e. The summed E-state index contributed by atoms with van der Waals surface area (Å²) in [7, 11) is 0. The minimum Gasteiger partial charge on any atom is -0.301 e. The first-order chi connectivity index (χ1) is 17.8. The van der Waals surface area contributed by atoms with E-state index in [9.17, 15) is 0 Å². The molecule has 3 heterocycles. The molecule has 1 aliphatic rings. The molecule has 6 rings (SSSR count). The number of rotatable bonds is 2. The second-order valence-electron chi connectivity index (χ2n) is 7.42. The lowest BCUT2D eigenvalue weighted by atomic mass is 10.3. The van der Waals surface area contributed by atoms with Crippen LogP contribution >= 0.6 is 46.4 Å². The lowest BCUT2D eigenvalue weighted by Gasteiger charge is -2.05. The predicted molar refractivity (Wildman–Crippen MR) is 146 cm³/mol. The van der Waals surface area contributed by atoms with E-state index in [2.05, 4.69) is 19.9 Å². The van der Waals surface area contributed by atoms with Gasteiger partial charge in [0.2, 0.25) is 10.6 Å². The molecular formula is C25H18Cl4N6O2. The largest absolute Gasteiger partial charge is 0.301 e. The van der Waals surface area contributed by atoms with E-state index in [1.54, 1.807) is 30.3 Å². The predicted octanol–water partition coefficient (Wildman–Crippen LogP) is 7.35. The molecule has 0 atom stereocenters. The molecule has 2 N–H and O–H groups in total. The van der Waals surface area contributed by atoms with E-state index in [0.29, 0.717) is 21.6 Å². The lowest BCUT2D eigenvalue weighted by molar-refractivity contribution is 0.0291. The van der Waals surface area contributed by atoms with Crippen molar-refractivity contribution in [1.29, 1.82) is 0 Å². The molecule has 0 unspecified atom stereocenters. The summed E-state index contributed by atoms with van der Waals surface area (Å²) >= 11 is 23.2. The number of aromatic nitrogens is 5. The molecular weight excluding hydrogens is 558 g/mol. The Morgan fingerprint density at radius 3 is 2.00 bits per heavy atom. The van der Waals surface area contributed by atoms with Gasteiger partial charge < -0.3 is 4.57 Å². The highest BCUT2D eigenvalue weighted by atomic mass is 35.5. The third kappa shape index (κ3) is 6.75. The highest BCUT2D eigenvalue weighted by Gasteiger charge is 2.12. The van der Waals surface area contributed by atoms with Crippen LogP contribution in [-0.2, 0) is 6.42 Å². The Balaban J connectivity index is 0.000000139. The van der Waals surface area contributed by atoms with Crippen LogP contribution in [0.15, 0.2) is 79.0 Å². The highest BCUT2D eigenvalue weighted by Crippen LogP contribution is 2.26. The Bertz CT molecular complexity index is 1530. The Labute approximate surface area is 231 Å². The fourth-order valence-electron chi connectivity index (χ4n) is 3.38. The Morgan fingerprint density at radius 2 is 1.35 bits per heavy atom. The zero-order valence-corrected chi connectivity index (χ0v) is 21.9. The van der Waals surface area contributed by atoms with Gasteiger partial charge in [0.25, 0.3) is 0 Å². The Hall–Kier alpha value is -3.24. The van der Waals surface area contributed by atoms with Crippen LogP contribution < -0.4 is 5.23 Å². The number of hydrogen-bond donors (Lipinski definition) is 2. The second-order valence-corrected chi connectivity index (χ2v) is 8.81. The molecule has 0 radical (unpaired) electrons. The number of benzene rings is 2. The summed E-state index contributed by atoms with van der Waals surface area (Å²) in [5.41, 5.74) is 3.89. The third-order valence-corrected chi connectivity index (χ3v) is 5.95. The second kappa shape index (κ2) is 12.3. The molecule has 0 aliphatic heterocycles. The molecule has 188 valence electrons. The summed E-state index contributed by atoms with van der Waals surface area (Å²) in [5.74, 6) is 0. The summed E-state index contributed by atoms with van der Waals surface area (Å²) in [5, 5.41) is 18.9. The number of anilines is 1. The van der Waals surface area contributed by atoms with Crippen molar-refractivity contribution in [3.63, 3.8) is 0 Å². The van der Waals surface area contributed by atoms with Crippen molar-refractivity contribution in [2.75, 3.05) is 5.23 Å². The Kier molecular flexibility index (Phi) is 8.94. The molecule has 0 fully saturated rings. The lowest BCUT2D eigenvalue weighted by Crippen LogP contribution is -2.10. The van der Waals surface area contributed by atoms with E-state index in [0.717, 1.165) is 28.8 Å². The first-order valence-electron chi connectivity index (χ1n) is 10.7. The monoisotopic (exact) mass is 574 g/mol. The van der Waals surface area contributed by atoms with Gasteiger partial charge in [0, 0.05) is 23.9 Å². The van der Waals surface area contributed by atoms with Gasteiger partial charge in [0.05, 0.1) is 16.8 Å². The minimum absolute atomic E-state index is 0.0833. The molecule has 3 aromatic heterocycles. The molecule has 5 aromatic rings. The van der Waals surface area contributed by atoms with E-state index in [-0.39, 0.29) is 15.8 Å². The normalized spacial score (nSPS) is 11.3. The topological polar surface area (TPSA) is 100 Å². The Morgan fingerprint density at radius 1 is 0.730 bits per heavy atom. The zero-order valence-electron chi connectivity index (χ0n) is 18.9. The molecule has 0 saturated heterocycles.